The van der Waals surface area contributed by atoms with Gasteiger partial charge in [0, 0.05) is 13.1 Å². The zero-order valence-corrected chi connectivity index (χ0v) is 9.36. The van der Waals surface area contributed by atoms with Crippen LogP contribution in [0.4, 0.5) is 0 Å². The monoisotopic (exact) mass is 198 g/mol. The van der Waals surface area contributed by atoms with Crippen LogP contribution in [0.15, 0.2) is 0 Å². The summed E-state index contributed by atoms with van der Waals surface area (Å²) >= 11 is 0. The summed E-state index contributed by atoms with van der Waals surface area (Å²) in [4.78, 5) is 11.3. The molecule has 0 spiro atoms. The van der Waals surface area contributed by atoms with Gasteiger partial charge in [0.1, 0.15) is 0 Å². The highest BCUT2D eigenvalue weighted by Gasteiger charge is 2.36. The summed E-state index contributed by atoms with van der Waals surface area (Å²) in [6.45, 7) is 6.65. The Balaban J connectivity index is 1.92. The van der Waals surface area contributed by atoms with Crippen molar-refractivity contribution in [2.75, 3.05) is 19.6 Å². The molecule has 82 valence electrons. The smallest absolute Gasteiger partial charge is 0.233 e. The Kier molecular flexibility index (Phi) is 4.39. The second kappa shape index (κ2) is 5.35. The SMILES string of the molecule is CCCCNC(=O)CNCC1(C)CC1. The standard InChI is InChI=1S/C11H22N2O/c1-3-4-7-13-10(14)8-12-9-11(2)5-6-11/h12H,3-9H2,1-2H3,(H,13,14). The van der Waals surface area contributed by atoms with Crippen molar-refractivity contribution in [3.63, 3.8) is 0 Å². The van der Waals surface area contributed by atoms with Gasteiger partial charge < -0.3 is 10.6 Å². The van der Waals surface area contributed by atoms with Gasteiger partial charge in [0.15, 0.2) is 0 Å². The molecule has 0 saturated heterocycles. The van der Waals surface area contributed by atoms with Crippen molar-refractivity contribution in [3.8, 4) is 0 Å². The maximum absolute atomic E-state index is 11.3. The van der Waals surface area contributed by atoms with Gasteiger partial charge in [-0.2, -0.15) is 0 Å². The van der Waals surface area contributed by atoms with Gasteiger partial charge in [-0.1, -0.05) is 20.3 Å². The van der Waals surface area contributed by atoms with Crippen molar-refractivity contribution >= 4 is 5.91 Å². The van der Waals surface area contributed by atoms with Gasteiger partial charge in [0.2, 0.25) is 5.91 Å². The molecule has 0 heterocycles. The maximum Gasteiger partial charge on any atom is 0.233 e. The Morgan fingerprint density at radius 3 is 2.71 bits per heavy atom. The van der Waals surface area contributed by atoms with E-state index in [0.29, 0.717) is 12.0 Å². The van der Waals surface area contributed by atoms with Crippen LogP contribution >= 0.6 is 0 Å². The average molecular weight is 198 g/mol. The molecule has 0 radical (unpaired) electrons. The molecule has 0 unspecified atom stereocenters. The van der Waals surface area contributed by atoms with Gasteiger partial charge in [-0.25, -0.2) is 0 Å². The Hall–Kier alpha value is -0.570. The highest BCUT2D eigenvalue weighted by atomic mass is 16.1. The molecule has 1 aliphatic carbocycles. The molecule has 0 aromatic rings. The van der Waals surface area contributed by atoms with Crippen LogP contribution in [0.3, 0.4) is 0 Å². The average Bonchev–Trinajstić information content (AvgIpc) is 2.84. The van der Waals surface area contributed by atoms with E-state index in [1.54, 1.807) is 0 Å². The van der Waals surface area contributed by atoms with Crippen molar-refractivity contribution < 1.29 is 4.79 Å². The molecule has 0 aromatic carbocycles. The lowest BCUT2D eigenvalue weighted by Gasteiger charge is -2.09. The second-order valence-electron chi connectivity index (χ2n) is 4.62. The van der Waals surface area contributed by atoms with E-state index in [2.05, 4.69) is 24.5 Å². The van der Waals surface area contributed by atoms with E-state index in [4.69, 9.17) is 0 Å². The van der Waals surface area contributed by atoms with Crippen molar-refractivity contribution in [3.05, 3.63) is 0 Å². The molecule has 1 saturated carbocycles. The second-order valence-corrected chi connectivity index (χ2v) is 4.62. The van der Waals surface area contributed by atoms with Gasteiger partial charge in [-0.15, -0.1) is 0 Å². The first-order chi connectivity index (χ1) is 6.66. The summed E-state index contributed by atoms with van der Waals surface area (Å²) in [5.41, 5.74) is 0.490. The molecule has 3 heteroatoms. The zero-order valence-electron chi connectivity index (χ0n) is 9.36. The summed E-state index contributed by atoms with van der Waals surface area (Å²) in [5.74, 6) is 0.128. The first-order valence-electron chi connectivity index (χ1n) is 5.64. The van der Waals surface area contributed by atoms with E-state index in [9.17, 15) is 4.79 Å². The first-order valence-corrected chi connectivity index (χ1v) is 5.64. The fraction of sp³-hybridized carbons (Fsp3) is 0.909. The Morgan fingerprint density at radius 2 is 2.14 bits per heavy atom. The molecule has 2 N–H and O–H groups in total. The molecule has 0 atom stereocenters. The molecule has 3 nitrogen and oxygen atoms in total. The molecule has 0 aliphatic heterocycles. The topological polar surface area (TPSA) is 41.1 Å². The molecule has 1 fully saturated rings. The largest absolute Gasteiger partial charge is 0.355 e. The van der Waals surface area contributed by atoms with Crippen LogP contribution in [0.5, 0.6) is 0 Å². The molecular formula is C11H22N2O. The lowest BCUT2D eigenvalue weighted by Crippen LogP contribution is -2.36. The summed E-state index contributed by atoms with van der Waals surface area (Å²) < 4.78 is 0. The fourth-order valence-corrected chi connectivity index (χ4v) is 1.34. The predicted molar refractivity (Wildman–Crippen MR) is 58.1 cm³/mol. The van der Waals surface area contributed by atoms with Crippen LogP contribution in [-0.4, -0.2) is 25.5 Å². The number of carbonyl (C=O) groups is 1. The summed E-state index contributed by atoms with van der Waals surface area (Å²) in [7, 11) is 0. The van der Waals surface area contributed by atoms with E-state index < -0.39 is 0 Å². The van der Waals surface area contributed by atoms with Crippen LogP contribution in [0.1, 0.15) is 39.5 Å². The third-order valence-corrected chi connectivity index (χ3v) is 2.79. The van der Waals surface area contributed by atoms with Crippen LogP contribution in [-0.2, 0) is 4.79 Å². The number of amides is 1. The molecule has 14 heavy (non-hydrogen) atoms. The van der Waals surface area contributed by atoms with Crippen molar-refractivity contribution in [2.45, 2.75) is 39.5 Å². The number of carbonyl (C=O) groups excluding carboxylic acids is 1. The van der Waals surface area contributed by atoms with Crippen molar-refractivity contribution in [1.29, 1.82) is 0 Å². The summed E-state index contributed by atoms with van der Waals surface area (Å²) in [6, 6.07) is 0. The van der Waals surface area contributed by atoms with Gasteiger partial charge in [-0.05, 0) is 24.7 Å². The minimum Gasteiger partial charge on any atom is -0.355 e. The van der Waals surface area contributed by atoms with Gasteiger partial charge in [0.25, 0.3) is 0 Å². The highest BCUT2D eigenvalue weighted by molar-refractivity contribution is 5.77. The van der Waals surface area contributed by atoms with Crippen LogP contribution in [0.2, 0.25) is 0 Å². The van der Waals surface area contributed by atoms with E-state index in [1.165, 1.54) is 12.8 Å². The lowest BCUT2D eigenvalue weighted by atomic mass is 10.1. The molecule has 1 amide bonds. The van der Waals surface area contributed by atoms with E-state index >= 15 is 0 Å². The Bertz CT molecular complexity index is 188. The van der Waals surface area contributed by atoms with Crippen molar-refractivity contribution in [1.82, 2.24) is 10.6 Å². The van der Waals surface area contributed by atoms with Crippen molar-refractivity contribution in [2.24, 2.45) is 5.41 Å². The van der Waals surface area contributed by atoms with E-state index in [-0.39, 0.29) is 5.91 Å². The highest BCUT2D eigenvalue weighted by Crippen LogP contribution is 2.43. The normalized spacial score (nSPS) is 17.9. The maximum atomic E-state index is 11.3. The number of rotatable bonds is 7. The molecule has 0 aromatic heterocycles. The Morgan fingerprint density at radius 1 is 1.43 bits per heavy atom. The van der Waals surface area contributed by atoms with Gasteiger partial charge in [0.05, 0.1) is 6.54 Å². The van der Waals surface area contributed by atoms with Crippen LogP contribution < -0.4 is 10.6 Å². The molecule has 0 bridgehead atoms. The predicted octanol–water partition coefficient (Wildman–Crippen LogP) is 1.29. The molecular weight excluding hydrogens is 176 g/mol. The number of unbranched alkanes of at least 4 members (excludes halogenated alkanes) is 1. The third kappa shape index (κ3) is 4.61. The lowest BCUT2D eigenvalue weighted by molar-refractivity contribution is -0.120. The number of hydrogen-bond acceptors (Lipinski definition) is 2. The van der Waals surface area contributed by atoms with Crippen LogP contribution in [0.25, 0.3) is 0 Å². The summed E-state index contributed by atoms with van der Waals surface area (Å²) in [5, 5.41) is 6.09. The Labute approximate surface area is 86.6 Å². The fourth-order valence-electron chi connectivity index (χ4n) is 1.34. The third-order valence-electron chi connectivity index (χ3n) is 2.79. The van der Waals surface area contributed by atoms with Gasteiger partial charge in [-0.3, -0.25) is 4.79 Å². The minimum atomic E-state index is 0.128. The van der Waals surface area contributed by atoms with Gasteiger partial charge >= 0.3 is 0 Å². The number of hydrogen-bond donors (Lipinski definition) is 2. The van der Waals surface area contributed by atoms with Crippen LogP contribution in [0, 0.1) is 5.41 Å². The quantitative estimate of drug-likeness (QED) is 0.605. The summed E-state index contributed by atoms with van der Waals surface area (Å²) in [6.07, 6.45) is 4.81. The van der Waals surface area contributed by atoms with E-state index in [0.717, 1.165) is 25.9 Å². The number of nitrogens with one attached hydrogen (secondary N) is 2. The molecule has 1 aliphatic rings. The first kappa shape index (κ1) is 11.5. The minimum absolute atomic E-state index is 0.128. The van der Waals surface area contributed by atoms with E-state index in [1.807, 2.05) is 0 Å². The zero-order chi connectivity index (χ0) is 10.4. The molecule has 1 rings (SSSR count).